The van der Waals surface area contributed by atoms with Crippen molar-refractivity contribution in [1.82, 2.24) is 0 Å². The monoisotopic (exact) mass is 829 g/mol. The molecule has 0 fully saturated rings. The Labute approximate surface area is 382 Å². The first-order valence-corrected chi connectivity index (χ1v) is 23.2. The van der Waals surface area contributed by atoms with E-state index in [0.717, 1.165) is 6.42 Å². The molecule has 0 saturated heterocycles. The van der Waals surface area contributed by atoms with Gasteiger partial charge < -0.3 is 4.90 Å². The van der Waals surface area contributed by atoms with E-state index in [-0.39, 0.29) is 0 Å². The SMILES string of the molecule is CC1C=CC(N(Cc2cccc3c2C2(c4ccccc4-c4ccccc42)c2ccccc2C32c3ccccc3-c3ccccc32)c2ccc(-c3ccccc3)cc2)=C(c2ccccc2)C1. The van der Waals surface area contributed by atoms with E-state index in [1.165, 1.54) is 106 Å². The zero-order valence-electron chi connectivity index (χ0n) is 36.5. The Balaban J connectivity index is 1.14. The third-order valence-electron chi connectivity index (χ3n) is 15.0. The molecule has 0 N–H and O–H groups in total. The molecule has 1 unspecified atom stereocenters. The van der Waals surface area contributed by atoms with Crippen LogP contribution in [-0.4, -0.2) is 0 Å². The molecule has 4 aliphatic rings. The van der Waals surface area contributed by atoms with Crippen LogP contribution in [0.4, 0.5) is 5.69 Å². The minimum Gasteiger partial charge on any atom is -0.337 e. The van der Waals surface area contributed by atoms with Crippen molar-refractivity contribution < 1.29 is 0 Å². The van der Waals surface area contributed by atoms with Crippen molar-refractivity contribution >= 4 is 11.3 Å². The van der Waals surface area contributed by atoms with E-state index in [2.05, 4.69) is 248 Å². The van der Waals surface area contributed by atoms with Crippen molar-refractivity contribution in [3.8, 4) is 33.4 Å². The lowest BCUT2D eigenvalue weighted by Crippen LogP contribution is -2.45. The second-order valence-electron chi connectivity index (χ2n) is 18.3. The Bertz CT molecular complexity index is 3300. The first-order valence-electron chi connectivity index (χ1n) is 23.2. The van der Waals surface area contributed by atoms with E-state index < -0.39 is 10.8 Å². The van der Waals surface area contributed by atoms with E-state index in [9.17, 15) is 0 Å². The predicted octanol–water partition coefficient (Wildman–Crippen LogP) is 15.4. The maximum atomic E-state index is 2.62. The van der Waals surface area contributed by atoms with Crippen LogP contribution in [0.15, 0.2) is 242 Å². The Morgan fingerprint density at radius 2 is 0.831 bits per heavy atom. The molecule has 9 aromatic carbocycles. The van der Waals surface area contributed by atoms with Crippen molar-refractivity contribution in [2.24, 2.45) is 5.92 Å². The number of allylic oxidation sites excluding steroid dienone is 3. The Kier molecular flexibility index (Phi) is 8.52. The third kappa shape index (κ3) is 5.33. The van der Waals surface area contributed by atoms with E-state index in [0.29, 0.717) is 12.5 Å². The Hall–Kier alpha value is -7.74. The summed E-state index contributed by atoms with van der Waals surface area (Å²) in [6.45, 7) is 3.02. The molecule has 0 radical (unpaired) electrons. The van der Waals surface area contributed by atoms with Gasteiger partial charge in [0.1, 0.15) is 0 Å². The van der Waals surface area contributed by atoms with Crippen LogP contribution in [0.25, 0.3) is 39.0 Å². The van der Waals surface area contributed by atoms with E-state index in [1.807, 2.05) is 0 Å². The zero-order chi connectivity index (χ0) is 43.1. The number of rotatable bonds is 6. The zero-order valence-corrected chi connectivity index (χ0v) is 36.5. The van der Waals surface area contributed by atoms with Crippen LogP contribution < -0.4 is 4.90 Å². The van der Waals surface area contributed by atoms with Gasteiger partial charge in [0.05, 0.1) is 10.8 Å². The molecule has 1 atom stereocenters. The number of fused-ring (bicyclic) bond motifs is 16. The summed E-state index contributed by atoms with van der Waals surface area (Å²) in [7, 11) is 0. The second-order valence-corrected chi connectivity index (χ2v) is 18.3. The Morgan fingerprint density at radius 1 is 0.400 bits per heavy atom. The van der Waals surface area contributed by atoms with Gasteiger partial charge in [-0.15, -0.1) is 0 Å². The van der Waals surface area contributed by atoms with Gasteiger partial charge in [-0.25, -0.2) is 0 Å². The molecular weight excluding hydrogens is 783 g/mol. The van der Waals surface area contributed by atoms with Gasteiger partial charge in [0.15, 0.2) is 0 Å². The first kappa shape index (κ1) is 37.8. The smallest absolute Gasteiger partial charge is 0.0723 e. The summed E-state index contributed by atoms with van der Waals surface area (Å²) in [6.07, 6.45) is 5.79. The van der Waals surface area contributed by atoms with Gasteiger partial charge in [-0.3, -0.25) is 0 Å². The summed E-state index contributed by atoms with van der Waals surface area (Å²) < 4.78 is 0. The van der Waals surface area contributed by atoms with Crippen LogP contribution in [-0.2, 0) is 17.4 Å². The highest BCUT2D eigenvalue weighted by molar-refractivity contribution is 5.94. The average Bonchev–Trinajstić information content (AvgIpc) is 3.84. The number of nitrogens with zero attached hydrogens (tertiary/aromatic N) is 1. The maximum Gasteiger partial charge on any atom is 0.0723 e. The van der Waals surface area contributed by atoms with Crippen LogP contribution in [0.2, 0.25) is 0 Å². The van der Waals surface area contributed by atoms with E-state index in [4.69, 9.17) is 0 Å². The average molecular weight is 830 g/mol. The van der Waals surface area contributed by atoms with Crippen LogP contribution >= 0.6 is 0 Å². The van der Waals surface area contributed by atoms with Gasteiger partial charge in [-0.2, -0.15) is 0 Å². The fraction of sp³-hybridized carbons (Fsp3) is 0.0938. The first-order chi connectivity index (χ1) is 32.2. The van der Waals surface area contributed by atoms with Crippen LogP contribution in [0.1, 0.15) is 69.0 Å². The molecule has 13 rings (SSSR count). The number of benzene rings is 9. The molecular formula is C64H47N. The van der Waals surface area contributed by atoms with Gasteiger partial charge in [-0.1, -0.05) is 225 Å². The maximum absolute atomic E-state index is 2.62. The molecule has 0 bridgehead atoms. The van der Waals surface area contributed by atoms with Crippen LogP contribution in [0.3, 0.4) is 0 Å². The quantitative estimate of drug-likeness (QED) is 0.161. The second kappa shape index (κ2) is 14.7. The summed E-state index contributed by atoms with van der Waals surface area (Å²) >= 11 is 0. The van der Waals surface area contributed by atoms with Crippen LogP contribution in [0.5, 0.6) is 0 Å². The summed E-state index contributed by atoms with van der Waals surface area (Å²) in [5, 5.41) is 0. The Morgan fingerprint density at radius 3 is 1.38 bits per heavy atom. The van der Waals surface area contributed by atoms with Crippen molar-refractivity contribution in [2.75, 3.05) is 4.90 Å². The van der Waals surface area contributed by atoms with Gasteiger partial charge in [0.25, 0.3) is 0 Å². The van der Waals surface area contributed by atoms with Crippen molar-refractivity contribution in [3.05, 3.63) is 298 Å². The highest BCUT2D eigenvalue weighted by atomic mass is 15.1. The fourth-order valence-electron chi connectivity index (χ4n) is 12.5. The molecule has 0 aliphatic heterocycles. The molecule has 1 nitrogen and oxygen atoms in total. The lowest BCUT2D eigenvalue weighted by Gasteiger charge is -2.50. The highest BCUT2D eigenvalue weighted by Crippen LogP contribution is 2.68. The fourth-order valence-corrected chi connectivity index (χ4v) is 12.5. The van der Waals surface area contributed by atoms with E-state index >= 15 is 0 Å². The molecule has 308 valence electrons. The third-order valence-corrected chi connectivity index (χ3v) is 15.0. The standard InChI is InChI=1S/C64H47N/c1-43-35-40-61(53(41-43)46-21-6-3-7-22-46)65(48-38-36-45(37-39-48)44-19-4-2-5-20-44)42-47-23-18-34-60-62(47)64(56-30-14-10-26-51(56)52-27-11-15-31-57(52)64)59-33-17-16-32-58(59)63(60)54-28-12-8-24-49(54)50-25-9-13-29-55(50)63/h2-40,43H,41-42H2,1H3. The van der Waals surface area contributed by atoms with Crippen molar-refractivity contribution in [3.63, 3.8) is 0 Å². The normalized spacial score (nSPS) is 16.4. The van der Waals surface area contributed by atoms with Crippen molar-refractivity contribution in [2.45, 2.75) is 30.7 Å². The van der Waals surface area contributed by atoms with Gasteiger partial charge in [0.2, 0.25) is 0 Å². The minimum atomic E-state index is -0.580. The van der Waals surface area contributed by atoms with Gasteiger partial charge in [0, 0.05) is 17.9 Å². The summed E-state index contributed by atoms with van der Waals surface area (Å²) in [5.41, 5.74) is 23.9. The summed E-state index contributed by atoms with van der Waals surface area (Å²) in [4.78, 5) is 2.62. The number of hydrogen-bond donors (Lipinski definition) is 0. The minimum absolute atomic E-state index is 0.425. The molecule has 2 spiro atoms. The predicted molar refractivity (Wildman–Crippen MR) is 269 cm³/mol. The molecule has 4 aliphatic carbocycles. The number of hydrogen-bond acceptors (Lipinski definition) is 1. The highest BCUT2D eigenvalue weighted by Gasteiger charge is 2.59. The topological polar surface area (TPSA) is 3.24 Å². The lowest BCUT2D eigenvalue weighted by molar-refractivity contribution is 0.623. The molecule has 0 heterocycles. The van der Waals surface area contributed by atoms with Crippen LogP contribution in [0, 0.1) is 5.92 Å². The van der Waals surface area contributed by atoms with Gasteiger partial charge in [-0.05, 0) is 125 Å². The summed E-state index contributed by atoms with van der Waals surface area (Å²) in [5.74, 6) is 0.425. The summed E-state index contributed by atoms with van der Waals surface area (Å²) in [6, 6.07) is 84.8. The van der Waals surface area contributed by atoms with Crippen molar-refractivity contribution in [1.29, 1.82) is 0 Å². The van der Waals surface area contributed by atoms with E-state index in [1.54, 1.807) is 0 Å². The molecule has 0 aromatic heterocycles. The number of anilines is 1. The molecule has 65 heavy (non-hydrogen) atoms. The molecule has 0 amide bonds. The molecule has 9 aromatic rings. The van der Waals surface area contributed by atoms with Gasteiger partial charge >= 0.3 is 0 Å². The molecule has 0 saturated carbocycles. The lowest BCUT2D eigenvalue weighted by atomic mass is 9.51. The largest absolute Gasteiger partial charge is 0.337 e. The molecule has 1 heteroatoms.